The molecule has 0 saturated carbocycles. The number of hydrogen-bond donors (Lipinski definition) is 1. The normalized spacial score (nSPS) is 13.9. The summed E-state index contributed by atoms with van der Waals surface area (Å²) in [4.78, 5) is 2.17. The molecule has 1 N–H and O–H groups in total. The Kier molecular flexibility index (Phi) is 5.36. The molecule has 0 spiro atoms. The number of aliphatic hydroxyl groups is 1. The smallest absolute Gasteiger partial charge is 0.0763 e. The number of aryl methyl sites for hydroxylation is 1. The summed E-state index contributed by atoms with van der Waals surface area (Å²) >= 11 is 0. The van der Waals surface area contributed by atoms with Crippen molar-refractivity contribution in [1.82, 2.24) is 4.90 Å². The predicted molar refractivity (Wildman–Crippen MR) is 77.9 cm³/mol. The molecule has 0 aliphatic rings. The number of nitrogens with zero attached hydrogens (tertiary/aromatic N) is 1. The van der Waals surface area contributed by atoms with Crippen LogP contribution in [0.3, 0.4) is 0 Å². The number of hydrogen-bond acceptors (Lipinski definition) is 2. The van der Waals surface area contributed by atoms with E-state index in [9.17, 15) is 5.11 Å². The third-order valence-corrected chi connectivity index (χ3v) is 4.25. The molecule has 1 aromatic carbocycles. The lowest BCUT2D eigenvalue weighted by molar-refractivity contribution is -0.0125. The van der Waals surface area contributed by atoms with Crippen molar-refractivity contribution in [3.05, 3.63) is 35.4 Å². The Morgan fingerprint density at radius 2 is 1.83 bits per heavy atom. The van der Waals surface area contributed by atoms with Gasteiger partial charge >= 0.3 is 0 Å². The number of aliphatic hydroxyl groups excluding tert-OH is 1. The SMILES string of the molecule is CCC(CC)(C(O)Cc1cccc(C)c1)N(C)C. The topological polar surface area (TPSA) is 23.5 Å². The first-order valence-electron chi connectivity index (χ1n) is 6.87. The lowest BCUT2D eigenvalue weighted by atomic mass is 9.82. The van der Waals surface area contributed by atoms with Crippen LogP contribution < -0.4 is 0 Å². The molecule has 0 radical (unpaired) electrons. The fraction of sp³-hybridized carbons (Fsp3) is 0.625. The lowest BCUT2D eigenvalue weighted by Gasteiger charge is -2.42. The van der Waals surface area contributed by atoms with Gasteiger partial charge in [0, 0.05) is 12.0 Å². The quantitative estimate of drug-likeness (QED) is 0.837. The fourth-order valence-electron chi connectivity index (χ4n) is 2.90. The minimum atomic E-state index is -0.329. The molecule has 2 heteroatoms. The first kappa shape index (κ1) is 15.2. The molecule has 1 rings (SSSR count). The molecule has 0 aromatic heterocycles. The molecule has 0 saturated heterocycles. The van der Waals surface area contributed by atoms with E-state index in [4.69, 9.17) is 0 Å². The molecule has 1 unspecified atom stereocenters. The summed E-state index contributed by atoms with van der Waals surface area (Å²) in [5.41, 5.74) is 2.35. The van der Waals surface area contributed by atoms with Gasteiger partial charge in [-0.1, -0.05) is 43.7 Å². The van der Waals surface area contributed by atoms with Crippen molar-refractivity contribution < 1.29 is 5.11 Å². The van der Waals surface area contributed by atoms with Gasteiger partial charge in [0.05, 0.1) is 6.10 Å². The van der Waals surface area contributed by atoms with Gasteiger partial charge in [-0.25, -0.2) is 0 Å². The van der Waals surface area contributed by atoms with E-state index in [0.29, 0.717) is 0 Å². The van der Waals surface area contributed by atoms with Gasteiger partial charge in [-0.05, 0) is 39.4 Å². The number of likely N-dealkylation sites (N-methyl/N-ethyl adjacent to an activating group) is 1. The summed E-state index contributed by atoms with van der Waals surface area (Å²) in [6.07, 6.45) is 2.32. The van der Waals surface area contributed by atoms with Gasteiger partial charge in [0.15, 0.2) is 0 Å². The van der Waals surface area contributed by atoms with Crippen LogP contribution >= 0.6 is 0 Å². The van der Waals surface area contributed by atoms with Crippen LogP contribution in [0, 0.1) is 6.92 Å². The zero-order chi connectivity index (χ0) is 13.8. The largest absolute Gasteiger partial charge is 0.391 e. The third kappa shape index (κ3) is 3.12. The maximum Gasteiger partial charge on any atom is 0.0763 e. The van der Waals surface area contributed by atoms with Gasteiger partial charge in [-0.2, -0.15) is 0 Å². The molecule has 0 fully saturated rings. The highest BCUT2D eigenvalue weighted by Gasteiger charge is 2.36. The number of rotatable bonds is 6. The molecule has 1 atom stereocenters. The molecule has 18 heavy (non-hydrogen) atoms. The molecule has 0 aliphatic heterocycles. The first-order valence-corrected chi connectivity index (χ1v) is 6.87. The van der Waals surface area contributed by atoms with Gasteiger partial charge in [0.1, 0.15) is 0 Å². The molecule has 0 heterocycles. The van der Waals surface area contributed by atoms with Gasteiger partial charge in [-0.15, -0.1) is 0 Å². The van der Waals surface area contributed by atoms with Crippen molar-refractivity contribution in [2.24, 2.45) is 0 Å². The van der Waals surface area contributed by atoms with E-state index in [2.05, 4.69) is 64.0 Å². The van der Waals surface area contributed by atoms with Crippen LogP contribution in [0.4, 0.5) is 0 Å². The average Bonchev–Trinajstić information content (AvgIpc) is 2.30. The molecule has 102 valence electrons. The van der Waals surface area contributed by atoms with Crippen LogP contribution in [0.25, 0.3) is 0 Å². The first-order chi connectivity index (χ1) is 8.46. The summed E-state index contributed by atoms with van der Waals surface area (Å²) in [7, 11) is 4.12. The summed E-state index contributed by atoms with van der Waals surface area (Å²) in [6, 6.07) is 8.41. The van der Waals surface area contributed by atoms with E-state index in [-0.39, 0.29) is 11.6 Å². The highest BCUT2D eigenvalue weighted by Crippen LogP contribution is 2.28. The van der Waals surface area contributed by atoms with E-state index < -0.39 is 0 Å². The van der Waals surface area contributed by atoms with Gasteiger partial charge in [0.2, 0.25) is 0 Å². The average molecular weight is 249 g/mol. The second kappa shape index (κ2) is 6.35. The molecule has 0 bridgehead atoms. The Bertz CT molecular complexity index is 369. The van der Waals surface area contributed by atoms with Crippen LogP contribution in [0.5, 0.6) is 0 Å². The molecular formula is C16H27NO. The van der Waals surface area contributed by atoms with E-state index in [0.717, 1.165) is 19.3 Å². The Labute approximate surface area is 112 Å². The van der Waals surface area contributed by atoms with Crippen molar-refractivity contribution in [3.8, 4) is 0 Å². The fourth-order valence-corrected chi connectivity index (χ4v) is 2.90. The van der Waals surface area contributed by atoms with E-state index in [1.54, 1.807) is 0 Å². The van der Waals surface area contributed by atoms with Crippen LogP contribution in [-0.4, -0.2) is 35.7 Å². The maximum atomic E-state index is 10.6. The van der Waals surface area contributed by atoms with Crippen molar-refractivity contribution in [3.63, 3.8) is 0 Å². The second-order valence-electron chi connectivity index (χ2n) is 5.41. The van der Waals surface area contributed by atoms with Crippen molar-refractivity contribution >= 4 is 0 Å². The van der Waals surface area contributed by atoms with Crippen molar-refractivity contribution in [1.29, 1.82) is 0 Å². The number of benzene rings is 1. The van der Waals surface area contributed by atoms with E-state index >= 15 is 0 Å². The molecule has 0 aliphatic carbocycles. The Hall–Kier alpha value is -0.860. The highest BCUT2D eigenvalue weighted by molar-refractivity contribution is 5.23. The highest BCUT2D eigenvalue weighted by atomic mass is 16.3. The third-order valence-electron chi connectivity index (χ3n) is 4.25. The van der Waals surface area contributed by atoms with Crippen LogP contribution in [0.15, 0.2) is 24.3 Å². The second-order valence-corrected chi connectivity index (χ2v) is 5.41. The van der Waals surface area contributed by atoms with Crippen LogP contribution in [0.1, 0.15) is 37.8 Å². The summed E-state index contributed by atoms with van der Waals surface area (Å²) in [5, 5.41) is 10.6. The van der Waals surface area contributed by atoms with Crippen LogP contribution in [-0.2, 0) is 6.42 Å². The molecule has 1 aromatic rings. The Morgan fingerprint density at radius 1 is 1.22 bits per heavy atom. The molecular weight excluding hydrogens is 222 g/mol. The Morgan fingerprint density at radius 3 is 2.28 bits per heavy atom. The van der Waals surface area contributed by atoms with Crippen molar-refractivity contribution in [2.75, 3.05) is 14.1 Å². The van der Waals surface area contributed by atoms with E-state index in [1.807, 2.05) is 0 Å². The summed E-state index contributed by atoms with van der Waals surface area (Å²) in [6.45, 7) is 6.40. The van der Waals surface area contributed by atoms with Gasteiger partial charge in [-0.3, -0.25) is 0 Å². The van der Waals surface area contributed by atoms with Crippen LogP contribution in [0.2, 0.25) is 0 Å². The minimum Gasteiger partial charge on any atom is -0.391 e. The lowest BCUT2D eigenvalue weighted by Crippen LogP contribution is -2.53. The zero-order valence-electron chi connectivity index (χ0n) is 12.4. The summed E-state index contributed by atoms with van der Waals surface area (Å²) in [5.74, 6) is 0. The summed E-state index contributed by atoms with van der Waals surface area (Å²) < 4.78 is 0. The molecule has 2 nitrogen and oxygen atoms in total. The van der Waals surface area contributed by atoms with Gasteiger partial charge < -0.3 is 10.0 Å². The Balaban J connectivity index is 2.88. The maximum absolute atomic E-state index is 10.6. The molecule has 0 amide bonds. The predicted octanol–water partition coefficient (Wildman–Crippen LogP) is 3.02. The monoisotopic (exact) mass is 249 g/mol. The van der Waals surface area contributed by atoms with E-state index in [1.165, 1.54) is 11.1 Å². The van der Waals surface area contributed by atoms with Gasteiger partial charge in [0.25, 0.3) is 0 Å². The van der Waals surface area contributed by atoms with Crippen molar-refractivity contribution in [2.45, 2.75) is 51.7 Å². The standard InChI is InChI=1S/C16H27NO/c1-6-16(7-2,17(4)5)15(18)12-14-10-8-9-13(3)11-14/h8-11,15,18H,6-7,12H2,1-5H3. The zero-order valence-corrected chi connectivity index (χ0v) is 12.4. The minimum absolute atomic E-state index is 0.121.